The summed E-state index contributed by atoms with van der Waals surface area (Å²) in [5.41, 5.74) is 0.858. The van der Waals surface area contributed by atoms with Crippen LogP contribution in [0.3, 0.4) is 0 Å². The van der Waals surface area contributed by atoms with E-state index in [4.69, 9.17) is 4.98 Å². The van der Waals surface area contributed by atoms with Crippen molar-refractivity contribution in [2.24, 2.45) is 0 Å². The molecule has 146 valence electrons. The van der Waals surface area contributed by atoms with Gasteiger partial charge in [-0.25, -0.2) is 13.8 Å². The summed E-state index contributed by atoms with van der Waals surface area (Å²) in [6, 6.07) is -0.198. The summed E-state index contributed by atoms with van der Waals surface area (Å²) in [4.78, 5) is 35.3. The average Bonchev–Trinajstić information content (AvgIpc) is 2.91. The number of carbonyl (C=O) groups is 1. The minimum absolute atomic E-state index is 0.0137. The molecule has 0 N–H and O–H groups in total. The van der Waals surface area contributed by atoms with E-state index in [0.717, 1.165) is 10.4 Å². The normalized spacial score (nSPS) is 20.9. The molecule has 9 heteroatoms. The molecule has 0 fully saturated rings. The van der Waals surface area contributed by atoms with Gasteiger partial charge in [-0.2, -0.15) is 0 Å². The summed E-state index contributed by atoms with van der Waals surface area (Å²) >= 11 is 1.42. The van der Waals surface area contributed by atoms with Gasteiger partial charge in [-0.15, -0.1) is 11.3 Å². The van der Waals surface area contributed by atoms with Crippen LogP contribution < -0.4 is 5.56 Å². The van der Waals surface area contributed by atoms with Crippen molar-refractivity contribution in [2.75, 3.05) is 20.1 Å². The quantitative estimate of drug-likeness (QED) is 0.800. The lowest BCUT2D eigenvalue weighted by molar-refractivity contribution is -0.130. The van der Waals surface area contributed by atoms with Crippen LogP contribution in [-0.2, 0) is 24.3 Å². The monoisotopic (exact) mass is 396 g/mol. The standard InChI is InChI=1S/C18H22F2N4O2S/c1-3-10-6-15(25)22(2)9-14-21-17-16(18(26)24(10)14)11-4-5-23(8-13(19)20)7-12(11)27-17/h10,13H,3-9H2,1-2H3. The molecule has 1 amide bonds. The zero-order valence-electron chi connectivity index (χ0n) is 15.4. The maximum absolute atomic E-state index is 13.4. The minimum Gasteiger partial charge on any atom is -0.338 e. The second-order valence-electron chi connectivity index (χ2n) is 7.28. The predicted octanol–water partition coefficient (Wildman–Crippen LogP) is 2.39. The Morgan fingerprint density at radius 2 is 2.07 bits per heavy atom. The van der Waals surface area contributed by atoms with E-state index in [1.807, 2.05) is 6.92 Å². The molecule has 4 rings (SSSR count). The molecular formula is C18H22F2N4O2S. The van der Waals surface area contributed by atoms with Crippen molar-refractivity contribution in [3.8, 4) is 0 Å². The topological polar surface area (TPSA) is 58.4 Å². The van der Waals surface area contributed by atoms with Gasteiger partial charge in [0, 0.05) is 37.5 Å². The molecule has 0 saturated carbocycles. The molecule has 27 heavy (non-hydrogen) atoms. The number of aromatic nitrogens is 2. The fourth-order valence-corrected chi connectivity index (χ4v) is 5.34. The highest BCUT2D eigenvalue weighted by molar-refractivity contribution is 7.18. The summed E-state index contributed by atoms with van der Waals surface area (Å²) < 4.78 is 27.1. The van der Waals surface area contributed by atoms with E-state index in [1.165, 1.54) is 11.3 Å². The van der Waals surface area contributed by atoms with Crippen LogP contribution in [0.4, 0.5) is 8.78 Å². The van der Waals surface area contributed by atoms with Gasteiger partial charge in [-0.1, -0.05) is 6.92 Å². The van der Waals surface area contributed by atoms with Gasteiger partial charge in [0.1, 0.15) is 10.7 Å². The van der Waals surface area contributed by atoms with Gasteiger partial charge in [-0.05, 0) is 18.4 Å². The molecule has 0 spiro atoms. The number of hydrogen-bond acceptors (Lipinski definition) is 5. The molecule has 1 atom stereocenters. The van der Waals surface area contributed by atoms with Crippen LogP contribution in [0.1, 0.15) is 42.1 Å². The number of nitrogens with zero attached hydrogens (tertiary/aromatic N) is 4. The Hall–Kier alpha value is -1.87. The lowest BCUT2D eigenvalue weighted by atomic mass is 10.0. The van der Waals surface area contributed by atoms with Crippen molar-refractivity contribution < 1.29 is 13.6 Å². The molecule has 2 aliphatic rings. The fourth-order valence-electron chi connectivity index (χ4n) is 4.07. The zero-order valence-corrected chi connectivity index (χ0v) is 16.2. The molecule has 0 aromatic carbocycles. The van der Waals surface area contributed by atoms with E-state index < -0.39 is 6.43 Å². The van der Waals surface area contributed by atoms with E-state index >= 15 is 0 Å². The highest BCUT2D eigenvalue weighted by Crippen LogP contribution is 2.34. The summed E-state index contributed by atoms with van der Waals surface area (Å²) in [6.07, 6.45) is -0.817. The summed E-state index contributed by atoms with van der Waals surface area (Å²) in [5.74, 6) is 0.621. The smallest absolute Gasteiger partial charge is 0.262 e. The first kappa shape index (κ1) is 18.5. The number of alkyl halides is 2. The number of rotatable bonds is 3. The Morgan fingerprint density at radius 1 is 1.30 bits per heavy atom. The summed E-state index contributed by atoms with van der Waals surface area (Å²) in [7, 11) is 1.72. The van der Waals surface area contributed by atoms with Gasteiger partial charge in [-0.3, -0.25) is 19.1 Å². The first-order valence-corrected chi connectivity index (χ1v) is 10.0. The number of halogens is 2. The molecule has 2 aromatic heterocycles. The van der Waals surface area contributed by atoms with Crippen LogP contribution in [0, 0.1) is 0 Å². The van der Waals surface area contributed by atoms with Crippen LogP contribution in [0.25, 0.3) is 10.2 Å². The molecule has 6 nitrogen and oxygen atoms in total. The van der Waals surface area contributed by atoms with Crippen molar-refractivity contribution >= 4 is 27.5 Å². The third-order valence-electron chi connectivity index (χ3n) is 5.51. The molecular weight excluding hydrogens is 374 g/mol. The Labute approximate surface area is 159 Å². The van der Waals surface area contributed by atoms with E-state index in [9.17, 15) is 18.4 Å². The predicted molar refractivity (Wildman–Crippen MR) is 99.3 cm³/mol. The third-order valence-corrected chi connectivity index (χ3v) is 6.62. The maximum atomic E-state index is 13.4. The molecule has 0 saturated heterocycles. The van der Waals surface area contributed by atoms with Crippen molar-refractivity contribution in [1.82, 2.24) is 19.4 Å². The van der Waals surface area contributed by atoms with Gasteiger partial charge in [0.25, 0.3) is 12.0 Å². The molecule has 0 bridgehead atoms. The van der Waals surface area contributed by atoms with Crippen molar-refractivity contribution in [3.63, 3.8) is 0 Å². The lowest BCUT2D eigenvalue weighted by Crippen LogP contribution is -2.34. The fraction of sp³-hybridized carbons (Fsp3) is 0.611. The number of amides is 1. The van der Waals surface area contributed by atoms with Gasteiger partial charge < -0.3 is 4.90 Å². The van der Waals surface area contributed by atoms with Crippen LogP contribution >= 0.6 is 11.3 Å². The molecule has 0 aliphatic carbocycles. The largest absolute Gasteiger partial charge is 0.338 e. The Morgan fingerprint density at radius 3 is 2.78 bits per heavy atom. The number of hydrogen-bond donors (Lipinski definition) is 0. The van der Waals surface area contributed by atoms with E-state index in [0.29, 0.717) is 54.9 Å². The minimum atomic E-state index is -2.36. The van der Waals surface area contributed by atoms with Crippen molar-refractivity contribution in [1.29, 1.82) is 0 Å². The Bertz CT molecular complexity index is 955. The van der Waals surface area contributed by atoms with E-state index in [-0.39, 0.29) is 24.1 Å². The van der Waals surface area contributed by atoms with E-state index in [2.05, 4.69) is 0 Å². The summed E-state index contributed by atoms with van der Waals surface area (Å²) in [6.45, 7) is 2.98. The van der Waals surface area contributed by atoms with Crippen molar-refractivity contribution in [2.45, 2.75) is 51.7 Å². The van der Waals surface area contributed by atoms with Crippen LogP contribution in [0.2, 0.25) is 0 Å². The second kappa shape index (κ2) is 6.94. The molecule has 4 heterocycles. The van der Waals surface area contributed by atoms with Gasteiger partial charge in [0.05, 0.1) is 18.5 Å². The van der Waals surface area contributed by atoms with Crippen molar-refractivity contribution in [3.05, 3.63) is 26.6 Å². The number of fused-ring (bicyclic) bond motifs is 4. The Balaban J connectivity index is 1.83. The molecule has 0 radical (unpaired) electrons. The lowest BCUT2D eigenvalue weighted by Gasteiger charge is -2.26. The van der Waals surface area contributed by atoms with Crippen LogP contribution in [-0.4, -0.2) is 51.8 Å². The van der Waals surface area contributed by atoms with Crippen LogP contribution in [0.15, 0.2) is 4.79 Å². The van der Waals surface area contributed by atoms with Gasteiger partial charge in [0.15, 0.2) is 0 Å². The highest BCUT2D eigenvalue weighted by Gasteiger charge is 2.30. The first-order chi connectivity index (χ1) is 12.9. The van der Waals surface area contributed by atoms with Gasteiger partial charge in [0.2, 0.25) is 5.91 Å². The molecule has 2 aliphatic heterocycles. The zero-order chi connectivity index (χ0) is 19.3. The summed E-state index contributed by atoms with van der Waals surface area (Å²) in [5, 5.41) is 0.617. The maximum Gasteiger partial charge on any atom is 0.262 e. The molecule has 1 unspecified atom stereocenters. The van der Waals surface area contributed by atoms with Crippen LogP contribution in [0.5, 0.6) is 0 Å². The average molecular weight is 396 g/mol. The SMILES string of the molecule is CCC1CC(=O)N(C)Cc2nc3sc4c(c3c(=O)n21)CCN(CC(F)F)C4. The van der Waals surface area contributed by atoms with Gasteiger partial charge >= 0.3 is 0 Å². The molecule has 2 aromatic rings. The third kappa shape index (κ3) is 3.16. The van der Waals surface area contributed by atoms with E-state index in [1.54, 1.807) is 21.4 Å². The highest BCUT2D eigenvalue weighted by atomic mass is 32.1. The first-order valence-electron chi connectivity index (χ1n) is 9.19. The second-order valence-corrected chi connectivity index (χ2v) is 8.36. The Kier molecular flexibility index (Phi) is 4.75. The number of thiophene rings is 1. The number of carbonyl (C=O) groups excluding carboxylic acids is 1.